The molecule has 0 bridgehead atoms. The van der Waals surface area contributed by atoms with Crippen molar-refractivity contribution in [3.05, 3.63) is 66.3 Å². The summed E-state index contributed by atoms with van der Waals surface area (Å²) in [7, 11) is 0. The zero-order valence-electron chi connectivity index (χ0n) is 9.27. The normalized spacial score (nSPS) is 18.4. The Morgan fingerprint density at radius 1 is 0.867 bits per heavy atom. The number of hydrogen-bond donors (Lipinski definition) is 0. The lowest BCUT2D eigenvalue weighted by Gasteiger charge is -2.24. The van der Waals surface area contributed by atoms with Gasteiger partial charge in [0.1, 0.15) is 0 Å². The molecule has 0 aliphatic heterocycles. The Labute approximate surface area is 91.6 Å². The molecule has 1 aromatic rings. The maximum absolute atomic E-state index is 2.25. The summed E-state index contributed by atoms with van der Waals surface area (Å²) in [6.45, 7) is 4.49. The Balaban J connectivity index is 2.48. The molecule has 0 heteroatoms. The van der Waals surface area contributed by atoms with Crippen molar-refractivity contribution < 1.29 is 0 Å². The average molecular weight is 196 g/mol. The lowest BCUT2D eigenvalue weighted by molar-refractivity contribution is 0.651. The van der Waals surface area contributed by atoms with E-state index >= 15 is 0 Å². The van der Waals surface area contributed by atoms with E-state index in [1.807, 2.05) is 0 Å². The fourth-order valence-electron chi connectivity index (χ4n) is 1.90. The van der Waals surface area contributed by atoms with Gasteiger partial charge < -0.3 is 0 Å². The standard InChI is InChI=1S/C15H16/c1-15(2)12-8-4-7-11-14(15)13-9-5-3-6-10-13/h3-12H,1-2H3. The first kappa shape index (κ1) is 9.97. The smallest absolute Gasteiger partial charge is 0.00843 e. The van der Waals surface area contributed by atoms with E-state index in [4.69, 9.17) is 0 Å². The Morgan fingerprint density at radius 3 is 2.33 bits per heavy atom. The molecular weight excluding hydrogens is 180 g/mol. The summed E-state index contributed by atoms with van der Waals surface area (Å²) in [6.07, 6.45) is 10.8. The van der Waals surface area contributed by atoms with Gasteiger partial charge in [-0.2, -0.15) is 0 Å². The van der Waals surface area contributed by atoms with Crippen LogP contribution in [-0.2, 0) is 0 Å². The molecule has 0 aromatic heterocycles. The van der Waals surface area contributed by atoms with Crippen LogP contribution in [0, 0.1) is 5.41 Å². The van der Waals surface area contributed by atoms with Crippen LogP contribution in [0.1, 0.15) is 19.4 Å². The van der Waals surface area contributed by atoms with Gasteiger partial charge in [-0.05, 0) is 11.1 Å². The second-order valence-corrected chi connectivity index (χ2v) is 4.41. The zero-order valence-corrected chi connectivity index (χ0v) is 9.27. The van der Waals surface area contributed by atoms with Gasteiger partial charge in [0.05, 0.1) is 0 Å². The molecule has 0 saturated carbocycles. The molecule has 0 fully saturated rings. The molecule has 0 amide bonds. The number of rotatable bonds is 1. The van der Waals surface area contributed by atoms with Gasteiger partial charge in [0, 0.05) is 5.41 Å². The highest BCUT2D eigenvalue weighted by Gasteiger charge is 2.21. The molecular formula is C15H16. The van der Waals surface area contributed by atoms with Gasteiger partial charge in [0.15, 0.2) is 0 Å². The topological polar surface area (TPSA) is 0 Å². The van der Waals surface area contributed by atoms with E-state index in [0.29, 0.717) is 0 Å². The molecule has 2 rings (SSSR count). The third-order valence-electron chi connectivity index (χ3n) is 2.78. The van der Waals surface area contributed by atoms with E-state index in [-0.39, 0.29) is 5.41 Å². The summed E-state index contributed by atoms with van der Waals surface area (Å²) in [5.74, 6) is 0. The molecule has 76 valence electrons. The molecule has 15 heavy (non-hydrogen) atoms. The summed E-state index contributed by atoms with van der Waals surface area (Å²) in [6, 6.07) is 10.6. The first-order chi connectivity index (χ1) is 7.20. The van der Waals surface area contributed by atoms with Crippen molar-refractivity contribution in [2.75, 3.05) is 0 Å². The van der Waals surface area contributed by atoms with Gasteiger partial charge in [-0.25, -0.2) is 0 Å². The fraction of sp³-hybridized carbons (Fsp3) is 0.200. The van der Waals surface area contributed by atoms with Crippen LogP contribution in [0.3, 0.4) is 0 Å². The van der Waals surface area contributed by atoms with Crippen LogP contribution in [0.5, 0.6) is 0 Å². The van der Waals surface area contributed by atoms with Crippen molar-refractivity contribution >= 4 is 5.57 Å². The third kappa shape index (κ3) is 2.10. The lowest BCUT2D eigenvalue weighted by Crippen LogP contribution is -2.09. The highest BCUT2D eigenvalue weighted by Crippen LogP contribution is 2.36. The molecule has 0 atom stereocenters. The second-order valence-electron chi connectivity index (χ2n) is 4.41. The van der Waals surface area contributed by atoms with Crippen molar-refractivity contribution in [1.29, 1.82) is 0 Å². The lowest BCUT2D eigenvalue weighted by atomic mass is 9.80. The highest BCUT2D eigenvalue weighted by molar-refractivity contribution is 5.73. The summed E-state index contributed by atoms with van der Waals surface area (Å²) < 4.78 is 0. The number of hydrogen-bond acceptors (Lipinski definition) is 0. The van der Waals surface area contributed by atoms with E-state index < -0.39 is 0 Å². The van der Waals surface area contributed by atoms with Crippen LogP contribution in [0.4, 0.5) is 0 Å². The molecule has 1 aliphatic carbocycles. The summed E-state index contributed by atoms with van der Waals surface area (Å²) in [4.78, 5) is 0. The quantitative estimate of drug-likeness (QED) is 0.630. The van der Waals surface area contributed by atoms with Gasteiger partial charge in [-0.15, -0.1) is 0 Å². The van der Waals surface area contributed by atoms with Crippen LogP contribution < -0.4 is 0 Å². The van der Waals surface area contributed by atoms with E-state index in [1.165, 1.54) is 11.1 Å². The fourth-order valence-corrected chi connectivity index (χ4v) is 1.90. The molecule has 0 unspecified atom stereocenters. The minimum Gasteiger partial charge on any atom is -0.0745 e. The predicted octanol–water partition coefficient (Wildman–Crippen LogP) is 4.22. The van der Waals surface area contributed by atoms with Crippen molar-refractivity contribution in [2.45, 2.75) is 13.8 Å². The summed E-state index contributed by atoms with van der Waals surface area (Å²) >= 11 is 0. The van der Waals surface area contributed by atoms with E-state index in [0.717, 1.165) is 0 Å². The van der Waals surface area contributed by atoms with Crippen LogP contribution >= 0.6 is 0 Å². The molecule has 0 spiro atoms. The maximum Gasteiger partial charge on any atom is 0.00843 e. The molecule has 0 heterocycles. The number of benzene rings is 1. The van der Waals surface area contributed by atoms with E-state index in [1.54, 1.807) is 0 Å². The molecule has 1 aliphatic rings. The van der Waals surface area contributed by atoms with Gasteiger partial charge in [-0.3, -0.25) is 0 Å². The Kier molecular flexibility index (Phi) is 2.59. The van der Waals surface area contributed by atoms with Crippen molar-refractivity contribution in [1.82, 2.24) is 0 Å². The predicted molar refractivity (Wildman–Crippen MR) is 66.5 cm³/mol. The van der Waals surface area contributed by atoms with Crippen molar-refractivity contribution in [3.63, 3.8) is 0 Å². The monoisotopic (exact) mass is 196 g/mol. The molecule has 1 aromatic carbocycles. The summed E-state index contributed by atoms with van der Waals surface area (Å²) in [5, 5.41) is 0. The van der Waals surface area contributed by atoms with Gasteiger partial charge >= 0.3 is 0 Å². The van der Waals surface area contributed by atoms with Crippen LogP contribution in [0.2, 0.25) is 0 Å². The van der Waals surface area contributed by atoms with Crippen LogP contribution in [0.25, 0.3) is 5.57 Å². The Bertz CT molecular complexity index is 417. The van der Waals surface area contributed by atoms with E-state index in [9.17, 15) is 0 Å². The highest BCUT2D eigenvalue weighted by atomic mass is 14.2. The van der Waals surface area contributed by atoms with Crippen LogP contribution in [0.15, 0.2) is 60.7 Å². The minimum absolute atomic E-state index is 0.102. The average Bonchev–Trinajstić information content (AvgIpc) is 2.40. The van der Waals surface area contributed by atoms with E-state index in [2.05, 4.69) is 74.6 Å². The first-order valence-electron chi connectivity index (χ1n) is 5.32. The van der Waals surface area contributed by atoms with Crippen molar-refractivity contribution in [3.8, 4) is 0 Å². The van der Waals surface area contributed by atoms with Crippen LogP contribution in [-0.4, -0.2) is 0 Å². The van der Waals surface area contributed by atoms with Gasteiger partial charge in [0.25, 0.3) is 0 Å². The second kappa shape index (κ2) is 3.90. The molecule has 0 nitrogen and oxygen atoms in total. The summed E-state index contributed by atoms with van der Waals surface area (Å²) in [5.41, 5.74) is 2.78. The Morgan fingerprint density at radius 2 is 1.60 bits per heavy atom. The van der Waals surface area contributed by atoms with Gasteiger partial charge in [0.2, 0.25) is 0 Å². The third-order valence-corrected chi connectivity index (χ3v) is 2.78. The molecule has 0 saturated heterocycles. The molecule has 0 N–H and O–H groups in total. The minimum atomic E-state index is 0.102. The first-order valence-corrected chi connectivity index (χ1v) is 5.32. The largest absolute Gasteiger partial charge is 0.0745 e. The maximum atomic E-state index is 2.25. The Hall–Kier alpha value is -1.56. The SMILES string of the molecule is CC1(C)C=CC=CC=C1c1ccccc1. The number of allylic oxidation sites excluding steroid dienone is 6. The zero-order chi connectivity index (χ0) is 10.7. The molecule has 0 radical (unpaired) electrons. The van der Waals surface area contributed by atoms with Gasteiger partial charge in [-0.1, -0.05) is 74.6 Å². The van der Waals surface area contributed by atoms with Crippen molar-refractivity contribution in [2.24, 2.45) is 5.41 Å².